The van der Waals surface area contributed by atoms with Gasteiger partial charge in [-0.25, -0.2) is 0 Å². The van der Waals surface area contributed by atoms with E-state index in [0.29, 0.717) is 0 Å². The molecular weight excluding hydrogens is 258 g/mol. The molecule has 0 aromatic rings. The van der Waals surface area contributed by atoms with Gasteiger partial charge < -0.3 is 0 Å². The van der Waals surface area contributed by atoms with Crippen molar-refractivity contribution in [3.63, 3.8) is 0 Å². The number of hydrogen-bond acceptors (Lipinski definition) is 1. The van der Waals surface area contributed by atoms with Crippen molar-refractivity contribution in [3.8, 4) is 0 Å². The second-order valence-corrected chi connectivity index (χ2v) is 0.0583. The fourth-order valence-corrected chi connectivity index (χ4v) is 0. The summed E-state index contributed by atoms with van der Waals surface area (Å²) in [5, 5.41) is 1.25. The average molecular weight is 258 g/mol. The molecule has 1 nitrogen and oxygen atoms in total. The van der Waals surface area contributed by atoms with Crippen molar-refractivity contribution < 1.29 is 57.6 Å². The molecule has 0 saturated heterocycles. The fraction of sp³-hybridized carbons (Fsp3) is 0. The molecule has 0 rings (SSSR count). The van der Waals surface area contributed by atoms with Crippen molar-refractivity contribution in [3.05, 3.63) is 0 Å². The van der Waals surface area contributed by atoms with Crippen LogP contribution >= 0.6 is 0 Å². The molecule has 0 amide bonds. The zero-order valence-corrected chi connectivity index (χ0v) is 5.36. The monoisotopic (exact) mass is 259 g/mol. The van der Waals surface area contributed by atoms with Gasteiger partial charge in [0, 0.05) is 48.6 Å². The van der Waals surface area contributed by atoms with E-state index in [0.717, 1.165) is 0 Å². The van der Waals surface area contributed by atoms with Gasteiger partial charge in [-0.05, 0) is 9.05 Å². The van der Waals surface area contributed by atoms with Crippen molar-refractivity contribution in [1.29, 1.82) is 0 Å². The summed E-state index contributed by atoms with van der Waals surface area (Å²) in [5.74, 6) is 0. The summed E-state index contributed by atoms with van der Waals surface area (Å²) in [5.41, 5.74) is 0. The standard InChI is InChI=1S/Ag.F2O.Mo/c;1-3-2;. The van der Waals surface area contributed by atoms with Crippen LogP contribution in [0.25, 0.3) is 0 Å². The van der Waals surface area contributed by atoms with E-state index in [9.17, 15) is 0 Å². The molecule has 0 aliphatic carbocycles. The average Bonchev–Trinajstić information content (AvgIpc) is 0.918. The van der Waals surface area contributed by atoms with Crippen molar-refractivity contribution >= 4 is 0 Å². The first-order valence-corrected chi connectivity index (χ1v) is 0.309. The van der Waals surface area contributed by atoms with E-state index < -0.39 is 0 Å². The van der Waals surface area contributed by atoms with E-state index in [2.05, 4.69) is 0 Å². The van der Waals surface area contributed by atoms with Crippen LogP contribution in [0.15, 0.2) is 0 Å². The Hall–Kier alpha value is 1.25. The van der Waals surface area contributed by atoms with Gasteiger partial charge in [-0.1, -0.05) is 0 Å². The minimum atomic E-state index is 0. The molecule has 0 spiro atoms. The predicted molar refractivity (Wildman–Crippen MR) is 3.30 cm³/mol. The number of halogens is 2. The Morgan fingerprint density at radius 3 is 1.20 bits per heavy atom. The molecule has 1 radical (unpaired) electrons. The summed E-state index contributed by atoms with van der Waals surface area (Å²) in [6.07, 6.45) is 0. The smallest absolute Gasteiger partial charge is 0.0104 e. The van der Waals surface area contributed by atoms with E-state index in [1.54, 1.807) is 0 Å². The Morgan fingerprint density at radius 1 is 1.20 bits per heavy atom. The van der Waals surface area contributed by atoms with Crippen LogP contribution in [0.3, 0.4) is 0 Å². The molecule has 0 atom stereocenters. The van der Waals surface area contributed by atoms with E-state index in [4.69, 9.17) is 9.05 Å². The van der Waals surface area contributed by atoms with Crippen LogP contribution in [0, 0.1) is 0 Å². The van der Waals surface area contributed by atoms with Crippen molar-refractivity contribution in [2.45, 2.75) is 0 Å². The van der Waals surface area contributed by atoms with Gasteiger partial charge in [0.2, 0.25) is 0 Å². The zero-order valence-electron chi connectivity index (χ0n) is 1.87. The topological polar surface area (TPSA) is 9.23 Å². The molecule has 0 aliphatic rings. The Bertz CT molecular complexity index is 9.61. The van der Waals surface area contributed by atoms with Gasteiger partial charge >= 0.3 is 0 Å². The minimum absolute atomic E-state index is 0. The van der Waals surface area contributed by atoms with Gasteiger partial charge in [-0.3, -0.25) is 0 Å². The second-order valence-electron chi connectivity index (χ2n) is 0.0583. The first-order chi connectivity index (χ1) is 1.41. The van der Waals surface area contributed by atoms with Crippen LogP contribution in [0.4, 0.5) is 9.05 Å². The molecule has 0 bridgehead atoms. The summed E-state index contributed by atoms with van der Waals surface area (Å²) >= 11 is 0. The van der Waals surface area contributed by atoms with Gasteiger partial charge in [0.05, 0.1) is 0 Å². The molecule has 0 unspecified atom stereocenters. The maximum absolute atomic E-state index is 9.12. The fourth-order valence-electron chi connectivity index (χ4n) is 0. The van der Waals surface area contributed by atoms with Crippen LogP contribution in [0.5, 0.6) is 0 Å². The molecule has 0 aliphatic heterocycles. The molecule has 0 aromatic heterocycles. The molecule has 5 heavy (non-hydrogen) atoms. The van der Waals surface area contributed by atoms with E-state index in [1.807, 2.05) is 0 Å². The summed E-state index contributed by atoms with van der Waals surface area (Å²) in [6, 6.07) is 0. The summed E-state index contributed by atoms with van der Waals surface area (Å²) in [4.78, 5) is 0. The second kappa shape index (κ2) is 18.7. The third-order valence-electron chi connectivity index (χ3n) is 0. The SMILES string of the molecule is FOF.[Ag].[Mo]. The van der Waals surface area contributed by atoms with Gasteiger partial charge in [0.1, 0.15) is 0 Å². The van der Waals surface area contributed by atoms with Crippen LogP contribution in [-0.2, 0) is 48.6 Å². The first-order valence-electron chi connectivity index (χ1n) is 0.309. The summed E-state index contributed by atoms with van der Waals surface area (Å²) in [6.45, 7) is 0. The van der Waals surface area contributed by atoms with Gasteiger partial charge in [-0.2, -0.15) is 0 Å². The van der Waals surface area contributed by atoms with E-state index >= 15 is 0 Å². The van der Waals surface area contributed by atoms with Crippen molar-refractivity contribution in [1.82, 2.24) is 0 Å². The maximum atomic E-state index is 9.12. The Balaban J connectivity index is -0.0000000200. The number of rotatable bonds is 0. The Morgan fingerprint density at radius 2 is 1.20 bits per heavy atom. The van der Waals surface area contributed by atoms with Crippen molar-refractivity contribution in [2.24, 2.45) is 0 Å². The van der Waals surface area contributed by atoms with Crippen LogP contribution in [-0.4, -0.2) is 0 Å². The third-order valence-corrected chi connectivity index (χ3v) is 0. The van der Waals surface area contributed by atoms with E-state index in [1.165, 1.54) is 5.15 Å². The molecule has 0 heterocycles. The van der Waals surface area contributed by atoms with Crippen LogP contribution in [0.2, 0.25) is 0 Å². The molecule has 0 N–H and O–H groups in total. The number of hydrogen-bond donors (Lipinski definition) is 0. The van der Waals surface area contributed by atoms with Gasteiger partial charge in [-0.15, -0.1) is 0 Å². The summed E-state index contributed by atoms with van der Waals surface area (Å²) < 4.78 is 18.2. The Labute approximate surface area is 57.6 Å². The first kappa shape index (κ1) is 16.3. The molecule has 0 fully saturated rings. The quantitative estimate of drug-likeness (QED) is 0.583. The van der Waals surface area contributed by atoms with Crippen LogP contribution in [0.1, 0.15) is 0 Å². The third kappa shape index (κ3) is 35.5. The molecule has 5 heteroatoms. The van der Waals surface area contributed by atoms with Gasteiger partial charge in [0.25, 0.3) is 0 Å². The predicted octanol–water partition coefficient (Wildman–Crippen LogP) is 0.767. The molecular formula is AgF2MoO. The largest absolute Gasteiger partial charge is 0.0209 e. The Kier molecular flexibility index (Phi) is 61.1. The zero-order chi connectivity index (χ0) is 2.71. The maximum Gasteiger partial charge on any atom is 0.0209 e. The normalized spacial score (nSPS) is 3.60. The molecule has 37 valence electrons. The van der Waals surface area contributed by atoms with Crippen LogP contribution < -0.4 is 0 Å². The molecule has 0 aromatic carbocycles. The van der Waals surface area contributed by atoms with E-state index in [-0.39, 0.29) is 43.4 Å². The minimum Gasteiger partial charge on any atom is -0.0104 e. The van der Waals surface area contributed by atoms with Crippen molar-refractivity contribution in [2.75, 3.05) is 0 Å². The summed E-state index contributed by atoms with van der Waals surface area (Å²) in [7, 11) is 0. The van der Waals surface area contributed by atoms with Gasteiger partial charge in [0.15, 0.2) is 0 Å². The molecule has 0 saturated carbocycles.